The average molecular weight is 267 g/mol. The fourth-order valence-electron chi connectivity index (χ4n) is 3.29. The summed E-state index contributed by atoms with van der Waals surface area (Å²) >= 11 is 0. The second-order valence-corrected chi connectivity index (χ2v) is 6.35. The molecule has 0 radical (unpaired) electrons. The molecule has 4 unspecified atom stereocenters. The third kappa shape index (κ3) is 3.85. The smallest absolute Gasteiger partial charge is 0.191 e. The molecule has 19 heavy (non-hydrogen) atoms. The molecule has 4 nitrogen and oxygen atoms in total. The van der Waals surface area contributed by atoms with Gasteiger partial charge in [0.05, 0.1) is 12.7 Å². The molecule has 0 amide bonds. The normalized spacial score (nSPS) is 37.4. The van der Waals surface area contributed by atoms with Crippen molar-refractivity contribution in [3.8, 4) is 0 Å². The first kappa shape index (κ1) is 14.6. The predicted octanol–water partition coefficient (Wildman–Crippen LogP) is 2.09. The maximum Gasteiger partial charge on any atom is 0.191 e. The van der Waals surface area contributed by atoms with Gasteiger partial charge < -0.3 is 15.4 Å². The maximum absolute atomic E-state index is 6.13. The number of ether oxygens (including phenoxy) is 1. The first-order valence-electron chi connectivity index (χ1n) is 7.74. The van der Waals surface area contributed by atoms with Crippen LogP contribution in [0.3, 0.4) is 0 Å². The van der Waals surface area contributed by atoms with Crippen LogP contribution < -0.4 is 5.73 Å². The molecule has 4 atom stereocenters. The molecule has 1 aliphatic carbocycles. The molecule has 2 fully saturated rings. The van der Waals surface area contributed by atoms with Gasteiger partial charge in [0.25, 0.3) is 0 Å². The van der Waals surface area contributed by atoms with Gasteiger partial charge in [-0.1, -0.05) is 26.7 Å². The number of guanidine groups is 1. The lowest BCUT2D eigenvalue weighted by Crippen LogP contribution is -2.48. The SMILES string of the molecule is CC1CN(C(N)=NCC2CCCC(C)C2C)CCO1. The van der Waals surface area contributed by atoms with E-state index in [0.717, 1.165) is 38.1 Å². The van der Waals surface area contributed by atoms with Gasteiger partial charge in [-0.25, -0.2) is 0 Å². The Morgan fingerprint density at radius 3 is 2.84 bits per heavy atom. The van der Waals surface area contributed by atoms with Crippen molar-refractivity contribution in [3.05, 3.63) is 0 Å². The molecule has 2 N–H and O–H groups in total. The lowest BCUT2D eigenvalue weighted by atomic mass is 9.74. The van der Waals surface area contributed by atoms with Crippen LogP contribution in [0.25, 0.3) is 0 Å². The molecule has 110 valence electrons. The Hall–Kier alpha value is -0.770. The topological polar surface area (TPSA) is 50.8 Å². The zero-order chi connectivity index (χ0) is 13.8. The van der Waals surface area contributed by atoms with Crippen LogP contribution in [0, 0.1) is 17.8 Å². The van der Waals surface area contributed by atoms with Gasteiger partial charge in [-0.05, 0) is 31.1 Å². The van der Waals surface area contributed by atoms with Crippen molar-refractivity contribution >= 4 is 5.96 Å². The van der Waals surface area contributed by atoms with Crippen molar-refractivity contribution < 1.29 is 4.74 Å². The monoisotopic (exact) mass is 267 g/mol. The van der Waals surface area contributed by atoms with Crippen molar-refractivity contribution in [2.45, 2.75) is 46.1 Å². The first-order valence-corrected chi connectivity index (χ1v) is 7.74. The quantitative estimate of drug-likeness (QED) is 0.616. The van der Waals surface area contributed by atoms with E-state index in [2.05, 4.69) is 30.7 Å². The van der Waals surface area contributed by atoms with Crippen LogP contribution in [0.15, 0.2) is 4.99 Å². The van der Waals surface area contributed by atoms with Crippen LogP contribution in [-0.4, -0.2) is 43.2 Å². The fraction of sp³-hybridized carbons (Fsp3) is 0.933. The second kappa shape index (κ2) is 6.60. The first-order chi connectivity index (χ1) is 9.08. The van der Waals surface area contributed by atoms with Crippen molar-refractivity contribution in [3.63, 3.8) is 0 Å². The summed E-state index contributed by atoms with van der Waals surface area (Å²) < 4.78 is 5.53. The summed E-state index contributed by atoms with van der Waals surface area (Å²) in [7, 11) is 0. The maximum atomic E-state index is 6.13. The molecule has 1 heterocycles. The summed E-state index contributed by atoms with van der Waals surface area (Å²) in [6.45, 7) is 10.2. The zero-order valence-corrected chi connectivity index (χ0v) is 12.6. The molecule has 2 rings (SSSR count). The Morgan fingerprint density at radius 1 is 1.32 bits per heavy atom. The van der Waals surface area contributed by atoms with Gasteiger partial charge in [-0.2, -0.15) is 0 Å². The van der Waals surface area contributed by atoms with E-state index >= 15 is 0 Å². The summed E-state index contributed by atoms with van der Waals surface area (Å²) in [5.41, 5.74) is 6.13. The number of rotatable bonds is 2. The van der Waals surface area contributed by atoms with Crippen molar-refractivity contribution in [1.29, 1.82) is 0 Å². The summed E-state index contributed by atoms with van der Waals surface area (Å²) in [5.74, 6) is 3.02. The molecule has 0 spiro atoms. The Balaban J connectivity index is 1.86. The molecule has 1 saturated carbocycles. The predicted molar refractivity (Wildman–Crippen MR) is 79.1 cm³/mol. The summed E-state index contributed by atoms with van der Waals surface area (Å²) in [4.78, 5) is 6.81. The number of nitrogens with zero attached hydrogens (tertiary/aromatic N) is 2. The minimum Gasteiger partial charge on any atom is -0.375 e. The van der Waals surface area contributed by atoms with Gasteiger partial charge >= 0.3 is 0 Å². The molecule has 0 aromatic heterocycles. The Kier molecular flexibility index (Phi) is 5.08. The van der Waals surface area contributed by atoms with Crippen molar-refractivity contribution in [2.24, 2.45) is 28.5 Å². The van der Waals surface area contributed by atoms with Crippen LogP contribution in [0.2, 0.25) is 0 Å². The van der Waals surface area contributed by atoms with Gasteiger partial charge in [0.15, 0.2) is 5.96 Å². The fourth-order valence-corrected chi connectivity index (χ4v) is 3.29. The van der Waals surface area contributed by atoms with E-state index in [1.807, 2.05) is 0 Å². The lowest BCUT2D eigenvalue weighted by Gasteiger charge is -2.34. The highest BCUT2D eigenvalue weighted by atomic mass is 16.5. The van der Waals surface area contributed by atoms with E-state index in [4.69, 9.17) is 10.5 Å². The second-order valence-electron chi connectivity index (χ2n) is 6.35. The zero-order valence-electron chi connectivity index (χ0n) is 12.6. The Bertz CT molecular complexity index is 319. The highest BCUT2D eigenvalue weighted by Gasteiger charge is 2.27. The third-order valence-corrected chi connectivity index (χ3v) is 4.93. The number of aliphatic imine (C=N–C) groups is 1. The van der Waals surface area contributed by atoms with Crippen LogP contribution in [0.1, 0.15) is 40.0 Å². The Labute approximate surface area is 117 Å². The van der Waals surface area contributed by atoms with Gasteiger partial charge in [0, 0.05) is 19.6 Å². The highest BCUT2D eigenvalue weighted by molar-refractivity contribution is 5.78. The lowest BCUT2D eigenvalue weighted by molar-refractivity contribution is 0.00523. The highest BCUT2D eigenvalue weighted by Crippen LogP contribution is 2.34. The van der Waals surface area contributed by atoms with E-state index in [9.17, 15) is 0 Å². The largest absolute Gasteiger partial charge is 0.375 e. The van der Waals surface area contributed by atoms with Crippen molar-refractivity contribution in [1.82, 2.24) is 4.90 Å². The van der Waals surface area contributed by atoms with Gasteiger partial charge in [-0.3, -0.25) is 4.99 Å². The number of hydrogen-bond donors (Lipinski definition) is 1. The summed E-state index contributed by atoms with van der Waals surface area (Å²) in [6.07, 6.45) is 4.29. The molecule has 4 heteroatoms. The minimum atomic E-state index is 0.260. The molecule has 1 saturated heterocycles. The standard InChI is InChI=1S/C15H29N3O/c1-11-5-4-6-14(13(11)3)9-17-15(16)18-7-8-19-12(2)10-18/h11-14H,4-10H2,1-3H3,(H2,16,17). The average Bonchev–Trinajstić information content (AvgIpc) is 2.40. The molecule has 2 aliphatic rings. The molecule has 0 bridgehead atoms. The van der Waals surface area contributed by atoms with Crippen LogP contribution in [0.4, 0.5) is 0 Å². The van der Waals surface area contributed by atoms with Gasteiger partial charge in [-0.15, -0.1) is 0 Å². The third-order valence-electron chi connectivity index (χ3n) is 4.93. The van der Waals surface area contributed by atoms with E-state index in [-0.39, 0.29) is 6.10 Å². The Morgan fingerprint density at radius 2 is 2.11 bits per heavy atom. The number of nitrogens with two attached hydrogens (primary N) is 1. The molecule has 0 aromatic carbocycles. The van der Waals surface area contributed by atoms with Gasteiger partial charge in [0.1, 0.15) is 0 Å². The van der Waals surface area contributed by atoms with E-state index < -0.39 is 0 Å². The minimum absolute atomic E-state index is 0.260. The number of morpholine rings is 1. The molecule has 1 aliphatic heterocycles. The molecular formula is C15H29N3O. The molecule has 0 aromatic rings. The van der Waals surface area contributed by atoms with E-state index in [1.165, 1.54) is 19.3 Å². The van der Waals surface area contributed by atoms with E-state index in [0.29, 0.717) is 11.9 Å². The summed E-state index contributed by atoms with van der Waals surface area (Å²) in [6, 6.07) is 0. The van der Waals surface area contributed by atoms with Gasteiger partial charge in [0.2, 0.25) is 0 Å². The van der Waals surface area contributed by atoms with Crippen LogP contribution in [-0.2, 0) is 4.74 Å². The van der Waals surface area contributed by atoms with Crippen molar-refractivity contribution in [2.75, 3.05) is 26.2 Å². The summed E-state index contributed by atoms with van der Waals surface area (Å²) in [5, 5.41) is 0. The van der Waals surface area contributed by atoms with Crippen LogP contribution >= 0.6 is 0 Å². The molecular weight excluding hydrogens is 238 g/mol. The number of hydrogen-bond acceptors (Lipinski definition) is 2. The van der Waals surface area contributed by atoms with E-state index in [1.54, 1.807) is 0 Å². The van der Waals surface area contributed by atoms with Crippen LogP contribution in [0.5, 0.6) is 0 Å².